The van der Waals surface area contributed by atoms with Crippen molar-refractivity contribution in [1.82, 2.24) is 9.38 Å². The minimum absolute atomic E-state index is 0.488. The number of imidazole rings is 1. The van der Waals surface area contributed by atoms with E-state index in [0.29, 0.717) is 18.7 Å². The Morgan fingerprint density at radius 3 is 2.85 bits per heavy atom. The number of aromatic nitrogens is 2. The molecule has 0 unspecified atom stereocenters. The molecular formula is C20H21N5OS. The first kappa shape index (κ1) is 18.7. The van der Waals surface area contributed by atoms with Gasteiger partial charge >= 0.3 is 6.03 Å². The highest BCUT2D eigenvalue weighted by Gasteiger charge is 2.15. The van der Waals surface area contributed by atoms with Crippen molar-refractivity contribution in [3.63, 3.8) is 0 Å². The summed E-state index contributed by atoms with van der Waals surface area (Å²) in [7, 11) is 0. The molecule has 3 aromatic rings. The molecule has 0 bridgehead atoms. The van der Waals surface area contributed by atoms with Crippen molar-refractivity contribution in [2.75, 3.05) is 9.62 Å². The Morgan fingerprint density at radius 1 is 1.37 bits per heavy atom. The molecule has 7 heteroatoms. The summed E-state index contributed by atoms with van der Waals surface area (Å²) >= 11 is 4.21. The third-order valence-electron chi connectivity index (χ3n) is 4.50. The SMILES string of the molecule is C#CCc1c(C)nc2c(NCc3c(C)cccc3N(S)C(N)=O)cccn12. The van der Waals surface area contributed by atoms with E-state index in [-0.39, 0.29) is 0 Å². The van der Waals surface area contributed by atoms with Gasteiger partial charge in [0.05, 0.1) is 29.2 Å². The Bertz CT molecular complexity index is 1050. The Kier molecular flexibility index (Phi) is 5.28. The van der Waals surface area contributed by atoms with Crippen LogP contribution < -0.4 is 15.4 Å². The molecule has 6 nitrogen and oxygen atoms in total. The molecule has 3 rings (SSSR count). The average molecular weight is 379 g/mol. The van der Waals surface area contributed by atoms with Crippen molar-refractivity contribution in [1.29, 1.82) is 0 Å². The first-order chi connectivity index (χ1) is 12.9. The summed E-state index contributed by atoms with van der Waals surface area (Å²) in [6, 6.07) is 8.94. The Labute approximate surface area is 163 Å². The minimum atomic E-state index is -0.630. The van der Waals surface area contributed by atoms with Gasteiger partial charge in [0.15, 0.2) is 5.65 Å². The lowest BCUT2D eigenvalue weighted by Gasteiger charge is -2.19. The standard InChI is InChI=1S/C20H21N5OS/c1-4-7-17-14(3)23-19-16(9-6-11-24(17)19)22-12-15-13(2)8-5-10-18(15)25(27)20(21)26/h1,5-6,8-11,22,27H,7,12H2,2-3H3,(H2,21,26). The maximum absolute atomic E-state index is 11.5. The molecule has 0 radical (unpaired) electrons. The van der Waals surface area contributed by atoms with Crippen LogP contribution in [-0.4, -0.2) is 15.4 Å². The first-order valence-electron chi connectivity index (χ1n) is 8.44. The molecule has 27 heavy (non-hydrogen) atoms. The number of carbonyl (C=O) groups excluding carboxylic acids is 1. The van der Waals surface area contributed by atoms with Crippen LogP contribution in [-0.2, 0) is 13.0 Å². The summed E-state index contributed by atoms with van der Waals surface area (Å²) < 4.78 is 3.15. The fourth-order valence-electron chi connectivity index (χ4n) is 3.10. The molecule has 0 fully saturated rings. The summed E-state index contributed by atoms with van der Waals surface area (Å²) in [5.74, 6) is 2.68. The zero-order valence-electron chi connectivity index (χ0n) is 15.2. The lowest BCUT2D eigenvalue weighted by atomic mass is 10.1. The van der Waals surface area contributed by atoms with E-state index in [1.165, 1.54) is 0 Å². The number of terminal acetylenes is 1. The number of primary amides is 1. The second kappa shape index (κ2) is 7.64. The zero-order valence-corrected chi connectivity index (χ0v) is 16.1. The fraction of sp³-hybridized carbons (Fsp3) is 0.200. The molecule has 0 atom stereocenters. The van der Waals surface area contributed by atoms with E-state index < -0.39 is 6.03 Å². The molecule has 0 saturated heterocycles. The molecule has 0 aliphatic rings. The predicted molar refractivity (Wildman–Crippen MR) is 112 cm³/mol. The Hall–Kier alpha value is -3.11. The number of thiol groups is 1. The summed E-state index contributed by atoms with van der Waals surface area (Å²) in [5, 5.41) is 3.41. The molecule has 2 amide bonds. The van der Waals surface area contributed by atoms with Crippen LogP contribution in [0.3, 0.4) is 0 Å². The maximum Gasteiger partial charge on any atom is 0.329 e. The molecule has 2 heterocycles. The van der Waals surface area contributed by atoms with Crippen LogP contribution in [0.5, 0.6) is 0 Å². The highest BCUT2D eigenvalue weighted by atomic mass is 32.1. The quantitative estimate of drug-likeness (QED) is 0.469. The summed E-state index contributed by atoms with van der Waals surface area (Å²) in [6.07, 6.45) is 7.95. The number of amides is 2. The smallest absolute Gasteiger partial charge is 0.329 e. The van der Waals surface area contributed by atoms with Crippen LogP contribution in [0.4, 0.5) is 16.2 Å². The summed E-state index contributed by atoms with van der Waals surface area (Å²) in [6.45, 7) is 4.42. The number of nitrogens with one attached hydrogen (secondary N) is 1. The summed E-state index contributed by atoms with van der Waals surface area (Å²) in [4.78, 5) is 16.2. The van der Waals surface area contributed by atoms with E-state index in [0.717, 1.165) is 38.2 Å². The number of hydrogen-bond donors (Lipinski definition) is 3. The van der Waals surface area contributed by atoms with E-state index in [9.17, 15) is 4.79 Å². The zero-order chi connectivity index (χ0) is 19.6. The molecule has 138 valence electrons. The lowest BCUT2D eigenvalue weighted by molar-refractivity contribution is 0.257. The van der Waals surface area contributed by atoms with Gasteiger partial charge in [-0.3, -0.25) is 0 Å². The molecule has 0 spiro atoms. The van der Waals surface area contributed by atoms with Gasteiger partial charge in [-0.1, -0.05) is 24.9 Å². The first-order valence-corrected chi connectivity index (χ1v) is 8.84. The van der Waals surface area contributed by atoms with Gasteiger partial charge in [0.1, 0.15) is 0 Å². The largest absolute Gasteiger partial charge is 0.378 e. The van der Waals surface area contributed by atoms with E-state index in [1.54, 1.807) is 0 Å². The molecule has 0 aliphatic carbocycles. The molecule has 0 saturated carbocycles. The van der Waals surface area contributed by atoms with Crippen molar-refractivity contribution < 1.29 is 4.79 Å². The number of nitrogens with zero attached hydrogens (tertiary/aromatic N) is 3. The number of nitrogens with two attached hydrogens (primary N) is 1. The normalized spacial score (nSPS) is 10.6. The topological polar surface area (TPSA) is 75.7 Å². The number of urea groups is 1. The number of hydrogen-bond acceptors (Lipinski definition) is 4. The monoisotopic (exact) mass is 379 g/mol. The third-order valence-corrected chi connectivity index (χ3v) is 4.91. The number of anilines is 2. The number of benzene rings is 1. The van der Waals surface area contributed by atoms with E-state index in [1.807, 2.05) is 54.8 Å². The Balaban J connectivity index is 1.96. The van der Waals surface area contributed by atoms with Gasteiger partial charge in [-0.15, -0.1) is 12.3 Å². The van der Waals surface area contributed by atoms with Crippen molar-refractivity contribution in [3.8, 4) is 12.3 Å². The Morgan fingerprint density at radius 2 is 2.15 bits per heavy atom. The van der Waals surface area contributed by atoms with Gasteiger partial charge in [0, 0.05) is 12.7 Å². The average Bonchev–Trinajstić information content (AvgIpc) is 2.96. The second-order valence-electron chi connectivity index (χ2n) is 6.22. The summed E-state index contributed by atoms with van der Waals surface area (Å²) in [5.41, 5.74) is 11.6. The number of pyridine rings is 1. The van der Waals surface area contributed by atoms with Crippen LogP contribution >= 0.6 is 12.8 Å². The number of carbonyl (C=O) groups is 1. The van der Waals surface area contributed by atoms with E-state index in [2.05, 4.69) is 29.0 Å². The molecule has 0 aliphatic heterocycles. The second-order valence-corrected chi connectivity index (χ2v) is 6.62. The van der Waals surface area contributed by atoms with Crippen LogP contribution in [0.1, 0.15) is 22.5 Å². The number of fused-ring (bicyclic) bond motifs is 1. The highest BCUT2D eigenvalue weighted by Crippen LogP contribution is 2.27. The molecule has 3 N–H and O–H groups in total. The van der Waals surface area contributed by atoms with E-state index in [4.69, 9.17) is 12.2 Å². The van der Waals surface area contributed by atoms with Crippen LogP contribution in [0.25, 0.3) is 5.65 Å². The molecule has 2 aromatic heterocycles. The van der Waals surface area contributed by atoms with Crippen molar-refractivity contribution >= 4 is 35.9 Å². The predicted octanol–water partition coefficient (Wildman–Crippen LogP) is 3.47. The van der Waals surface area contributed by atoms with Crippen molar-refractivity contribution in [2.45, 2.75) is 26.8 Å². The molecular weight excluding hydrogens is 358 g/mol. The van der Waals surface area contributed by atoms with Gasteiger partial charge in [0.25, 0.3) is 0 Å². The van der Waals surface area contributed by atoms with Gasteiger partial charge in [-0.25, -0.2) is 14.1 Å². The molecule has 1 aromatic carbocycles. The van der Waals surface area contributed by atoms with Gasteiger partial charge < -0.3 is 15.5 Å². The van der Waals surface area contributed by atoms with Crippen LogP contribution in [0.2, 0.25) is 0 Å². The maximum atomic E-state index is 11.5. The fourth-order valence-corrected chi connectivity index (χ4v) is 3.28. The van der Waals surface area contributed by atoms with Crippen molar-refractivity contribution in [3.05, 3.63) is 59.0 Å². The minimum Gasteiger partial charge on any atom is -0.378 e. The number of rotatable bonds is 5. The van der Waals surface area contributed by atoms with Crippen molar-refractivity contribution in [2.24, 2.45) is 5.73 Å². The number of aryl methyl sites for hydroxylation is 2. The van der Waals surface area contributed by atoms with Crippen LogP contribution in [0.15, 0.2) is 36.5 Å². The van der Waals surface area contributed by atoms with Gasteiger partial charge in [-0.05, 0) is 43.2 Å². The van der Waals surface area contributed by atoms with Gasteiger partial charge in [0.2, 0.25) is 0 Å². The van der Waals surface area contributed by atoms with Crippen LogP contribution in [0, 0.1) is 26.2 Å². The lowest BCUT2D eigenvalue weighted by Crippen LogP contribution is -2.28. The van der Waals surface area contributed by atoms with E-state index >= 15 is 0 Å². The van der Waals surface area contributed by atoms with Gasteiger partial charge in [-0.2, -0.15) is 0 Å². The third kappa shape index (κ3) is 3.57. The highest BCUT2D eigenvalue weighted by molar-refractivity contribution is 7.82.